The van der Waals surface area contributed by atoms with Crippen molar-refractivity contribution in [1.29, 1.82) is 0 Å². The fourth-order valence-corrected chi connectivity index (χ4v) is 6.18. The Morgan fingerprint density at radius 1 is 1.09 bits per heavy atom. The van der Waals surface area contributed by atoms with E-state index in [1.54, 1.807) is 13.3 Å². The highest BCUT2D eigenvalue weighted by molar-refractivity contribution is 7.99. The molecule has 0 radical (unpaired) electrons. The third-order valence-corrected chi connectivity index (χ3v) is 8.90. The topological polar surface area (TPSA) is 45.6 Å². The summed E-state index contributed by atoms with van der Waals surface area (Å²) in [6.45, 7) is 3.49. The third kappa shape index (κ3) is 7.05. The molecule has 3 aromatic rings. The second kappa shape index (κ2) is 12.6. The molecule has 1 N–H and O–H groups in total. The van der Waals surface area contributed by atoms with E-state index in [0.717, 1.165) is 91.2 Å². The zero-order valence-corrected chi connectivity index (χ0v) is 22.6. The number of aryl methyl sites for hydroxylation is 1. The first-order valence-electron chi connectivity index (χ1n) is 12.3. The van der Waals surface area contributed by atoms with E-state index in [0.29, 0.717) is 5.02 Å². The predicted molar refractivity (Wildman–Crippen MR) is 148 cm³/mol. The van der Waals surface area contributed by atoms with E-state index >= 15 is 0 Å². The minimum atomic E-state index is 0.0154. The van der Waals surface area contributed by atoms with E-state index in [1.165, 1.54) is 4.90 Å². The van der Waals surface area contributed by atoms with Gasteiger partial charge in [-0.15, -0.1) is 11.8 Å². The summed E-state index contributed by atoms with van der Waals surface area (Å²) in [5.41, 5.74) is 2.07. The van der Waals surface area contributed by atoms with Crippen LogP contribution in [0.5, 0.6) is 5.75 Å². The zero-order valence-electron chi connectivity index (χ0n) is 20.3. The smallest absolute Gasteiger partial charge is 0.119 e. The molecule has 2 heterocycles. The number of aliphatic hydroxyl groups is 1. The van der Waals surface area contributed by atoms with Crippen LogP contribution in [-0.4, -0.2) is 54.1 Å². The molecule has 0 bridgehead atoms. The molecule has 0 atom stereocenters. The quantitative estimate of drug-likeness (QED) is 0.210. The summed E-state index contributed by atoms with van der Waals surface area (Å²) in [5, 5.41) is 12.8. The fraction of sp³-hybridized carbons (Fsp3) is 0.464. The number of hydrogen-bond donors (Lipinski definition) is 1. The maximum atomic E-state index is 10.3. The number of piperidine rings is 1. The van der Waals surface area contributed by atoms with Crippen LogP contribution in [0.3, 0.4) is 0 Å². The van der Waals surface area contributed by atoms with Crippen molar-refractivity contribution in [2.24, 2.45) is 5.41 Å². The van der Waals surface area contributed by atoms with Crippen molar-refractivity contribution in [3.63, 3.8) is 0 Å². The van der Waals surface area contributed by atoms with Crippen LogP contribution in [0.2, 0.25) is 10.0 Å². The maximum absolute atomic E-state index is 10.3. The standard InChI is InChI=1S/C28H34Cl2N2O2S/c1-34-22-7-10-27-25(18-22)24(26(30)19-31-27)4-2-11-28(20-33)12-15-32(16-13-28)14-3-17-35-23-8-5-21(29)6-9-23/h5-10,18-19,33H,2-4,11-17,20H2,1H3. The summed E-state index contributed by atoms with van der Waals surface area (Å²) in [6, 6.07) is 14.0. The number of ether oxygens (including phenoxy) is 1. The molecule has 0 unspecified atom stereocenters. The predicted octanol–water partition coefficient (Wildman–Crippen LogP) is 7.13. The number of aliphatic hydroxyl groups excluding tert-OH is 1. The number of pyridine rings is 1. The van der Waals surface area contributed by atoms with Crippen molar-refractivity contribution < 1.29 is 9.84 Å². The van der Waals surface area contributed by atoms with E-state index in [1.807, 2.05) is 42.1 Å². The zero-order chi connectivity index (χ0) is 24.7. The lowest BCUT2D eigenvalue weighted by molar-refractivity contribution is 0.0358. The van der Waals surface area contributed by atoms with Gasteiger partial charge in [0, 0.05) is 28.1 Å². The fourth-order valence-electron chi connectivity index (χ4n) is 4.97. The van der Waals surface area contributed by atoms with Crippen LogP contribution < -0.4 is 4.74 Å². The van der Waals surface area contributed by atoms with Crippen LogP contribution in [0.4, 0.5) is 0 Å². The first-order valence-corrected chi connectivity index (χ1v) is 14.1. The first kappa shape index (κ1) is 26.6. The van der Waals surface area contributed by atoms with E-state index in [2.05, 4.69) is 22.0 Å². The minimum absolute atomic E-state index is 0.0154. The van der Waals surface area contributed by atoms with Gasteiger partial charge >= 0.3 is 0 Å². The molecule has 1 aliphatic rings. The van der Waals surface area contributed by atoms with E-state index < -0.39 is 0 Å². The summed E-state index contributed by atoms with van der Waals surface area (Å²) in [6.07, 6.45) is 7.88. The average Bonchev–Trinajstić information content (AvgIpc) is 2.89. The number of thioether (sulfide) groups is 1. The van der Waals surface area contributed by atoms with Gasteiger partial charge in [0.1, 0.15) is 5.75 Å². The van der Waals surface area contributed by atoms with Gasteiger partial charge in [-0.05, 0) is 117 Å². The molecule has 1 aliphatic heterocycles. The molecule has 1 fully saturated rings. The number of likely N-dealkylation sites (tertiary alicyclic amines) is 1. The van der Waals surface area contributed by atoms with E-state index in [9.17, 15) is 5.11 Å². The molecule has 188 valence electrons. The van der Waals surface area contributed by atoms with Crippen LogP contribution in [0.15, 0.2) is 53.6 Å². The van der Waals surface area contributed by atoms with Gasteiger partial charge < -0.3 is 14.7 Å². The summed E-state index contributed by atoms with van der Waals surface area (Å²) >= 11 is 14.4. The van der Waals surface area contributed by atoms with Crippen molar-refractivity contribution in [1.82, 2.24) is 9.88 Å². The number of nitrogens with zero attached hydrogens (tertiary/aromatic N) is 2. The lowest BCUT2D eigenvalue weighted by Gasteiger charge is -2.41. The van der Waals surface area contributed by atoms with Crippen molar-refractivity contribution in [2.75, 3.05) is 39.1 Å². The van der Waals surface area contributed by atoms with E-state index in [4.69, 9.17) is 27.9 Å². The summed E-state index contributed by atoms with van der Waals surface area (Å²) in [4.78, 5) is 8.29. The van der Waals surface area contributed by atoms with Crippen molar-refractivity contribution in [2.45, 2.75) is 43.4 Å². The Balaban J connectivity index is 1.25. The number of methoxy groups -OCH3 is 1. The number of hydrogen-bond acceptors (Lipinski definition) is 5. The SMILES string of the molecule is COc1ccc2ncc(Cl)c(CCCC3(CO)CCN(CCCSc4ccc(Cl)cc4)CC3)c2c1. The summed E-state index contributed by atoms with van der Waals surface area (Å²) < 4.78 is 5.41. The lowest BCUT2D eigenvalue weighted by Crippen LogP contribution is -2.42. The second-order valence-corrected chi connectivity index (χ2v) is 11.5. The molecule has 0 aliphatic carbocycles. The Hall–Kier alpha value is -1.50. The highest BCUT2D eigenvalue weighted by Crippen LogP contribution is 2.37. The van der Waals surface area contributed by atoms with Gasteiger partial charge in [0.15, 0.2) is 0 Å². The van der Waals surface area contributed by atoms with Gasteiger partial charge in [-0.1, -0.05) is 23.2 Å². The largest absolute Gasteiger partial charge is 0.497 e. The Bertz CT molecular complexity index is 1100. The molecule has 4 nitrogen and oxygen atoms in total. The molecule has 4 rings (SSSR count). The number of benzene rings is 2. The van der Waals surface area contributed by atoms with E-state index in [-0.39, 0.29) is 12.0 Å². The summed E-state index contributed by atoms with van der Waals surface area (Å²) in [7, 11) is 1.68. The Morgan fingerprint density at radius 3 is 2.57 bits per heavy atom. The number of aromatic nitrogens is 1. The van der Waals surface area contributed by atoms with Gasteiger partial charge in [-0.25, -0.2) is 0 Å². The van der Waals surface area contributed by atoms with Gasteiger partial charge in [-0.2, -0.15) is 0 Å². The second-order valence-electron chi connectivity index (χ2n) is 9.48. The van der Waals surface area contributed by atoms with Crippen LogP contribution in [-0.2, 0) is 6.42 Å². The van der Waals surface area contributed by atoms with Crippen molar-refractivity contribution in [3.05, 3.63) is 64.3 Å². The third-order valence-electron chi connectivity index (χ3n) is 7.22. The highest BCUT2D eigenvalue weighted by Gasteiger charge is 2.33. The molecule has 0 spiro atoms. The lowest BCUT2D eigenvalue weighted by atomic mass is 9.75. The molecule has 0 saturated carbocycles. The molecule has 7 heteroatoms. The molecule has 0 amide bonds. The summed E-state index contributed by atoms with van der Waals surface area (Å²) in [5.74, 6) is 1.92. The van der Waals surface area contributed by atoms with Gasteiger partial charge in [0.25, 0.3) is 0 Å². The van der Waals surface area contributed by atoms with Crippen LogP contribution >= 0.6 is 35.0 Å². The Kier molecular flexibility index (Phi) is 9.60. The first-order chi connectivity index (χ1) is 17.0. The Morgan fingerprint density at radius 2 is 1.86 bits per heavy atom. The normalized spacial score (nSPS) is 16.0. The van der Waals surface area contributed by atoms with Crippen LogP contribution in [0, 0.1) is 5.41 Å². The van der Waals surface area contributed by atoms with Crippen molar-refractivity contribution >= 4 is 45.9 Å². The number of halogens is 2. The molecule has 2 aromatic carbocycles. The monoisotopic (exact) mass is 532 g/mol. The van der Waals surface area contributed by atoms with Gasteiger partial charge in [0.2, 0.25) is 0 Å². The highest BCUT2D eigenvalue weighted by atomic mass is 35.5. The van der Waals surface area contributed by atoms with Crippen LogP contribution in [0.1, 0.15) is 37.7 Å². The Labute approximate surface area is 223 Å². The average molecular weight is 534 g/mol. The molecular weight excluding hydrogens is 499 g/mol. The maximum Gasteiger partial charge on any atom is 0.119 e. The number of rotatable bonds is 11. The molecule has 1 aromatic heterocycles. The van der Waals surface area contributed by atoms with Crippen LogP contribution in [0.25, 0.3) is 10.9 Å². The molecule has 35 heavy (non-hydrogen) atoms. The number of fused-ring (bicyclic) bond motifs is 1. The van der Waals surface area contributed by atoms with Gasteiger partial charge in [0.05, 0.1) is 17.6 Å². The minimum Gasteiger partial charge on any atom is -0.497 e. The molecule has 1 saturated heterocycles. The molecular formula is C28H34Cl2N2O2S. The van der Waals surface area contributed by atoms with Gasteiger partial charge in [-0.3, -0.25) is 4.98 Å². The van der Waals surface area contributed by atoms with Crippen molar-refractivity contribution in [3.8, 4) is 5.75 Å².